The van der Waals surface area contributed by atoms with Gasteiger partial charge in [-0.2, -0.15) is 0 Å². The van der Waals surface area contributed by atoms with Crippen molar-refractivity contribution in [3.05, 3.63) is 193 Å². The molecule has 0 bridgehead atoms. The maximum atomic E-state index is 11.4. The summed E-state index contributed by atoms with van der Waals surface area (Å²) in [6.07, 6.45) is 1.78. The van der Waals surface area contributed by atoms with Gasteiger partial charge in [0, 0.05) is 37.1 Å². The molecular formula is C53H42N3OPt-. The Morgan fingerprint density at radius 1 is 0.586 bits per heavy atom. The number of hydrogen-bond donors (Lipinski definition) is 1. The molecule has 5 heteroatoms. The van der Waals surface area contributed by atoms with Crippen LogP contribution >= 0.6 is 0 Å². The molecule has 9 rings (SSSR count). The Morgan fingerprint density at radius 3 is 1.91 bits per heavy atom. The maximum Gasteiger partial charge on any atom is 0.148 e. The number of phenolic OH excluding ortho intramolecular Hbond substituents is 1. The first kappa shape index (κ1) is 34.9. The van der Waals surface area contributed by atoms with Gasteiger partial charge >= 0.3 is 0 Å². The number of pyridine rings is 1. The molecule has 0 atom stereocenters. The summed E-state index contributed by atoms with van der Waals surface area (Å²) in [6, 6.07) is 59.9. The number of hydrogen-bond acceptors (Lipinski definition) is 3. The van der Waals surface area contributed by atoms with Crippen molar-refractivity contribution in [3.8, 4) is 78.6 Å². The van der Waals surface area contributed by atoms with E-state index in [2.05, 4.69) is 116 Å². The van der Waals surface area contributed by atoms with E-state index in [1.807, 2.05) is 66.7 Å². The van der Waals surface area contributed by atoms with Crippen LogP contribution in [0.3, 0.4) is 0 Å². The van der Waals surface area contributed by atoms with Gasteiger partial charge in [-0.25, -0.2) is 4.98 Å². The zero-order valence-electron chi connectivity index (χ0n) is 35.3. The third-order valence-corrected chi connectivity index (χ3v) is 10.5. The quantitative estimate of drug-likeness (QED) is 0.162. The number of para-hydroxylation sites is 2. The Morgan fingerprint density at radius 2 is 1.21 bits per heavy atom. The summed E-state index contributed by atoms with van der Waals surface area (Å²) in [5, 5.41) is 11.4. The molecular weight excluding hydrogens is 890 g/mol. The van der Waals surface area contributed by atoms with Gasteiger partial charge in [0.15, 0.2) is 0 Å². The summed E-state index contributed by atoms with van der Waals surface area (Å²) in [4.78, 5) is 10.2. The Balaban J connectivity index is 0.00000514. The molecule has 0 aliphatic heterocycles. The van der Waals surface area contributed by atoms with Crippen molar-refractivity contribution in [2.24, 2.45) is 0 Å². The van der Waals surface area contributed by atoms with Crippen molar-refractivity contribution < 1.29 is 30.3 Å². The number of aromatic nitrogens is 3. The maximum absolute atomic E-state index is 11.4. The van der Waals surface area contributed by atoms with E-state index in [4.69, 9.17) is 14.1 Å². The molecule has 0 spiro atoms. The fourth-order valence-corrected chi connectivity index (χ4v) is 7.62. The Labute approximate surface area is 359 Å². The van der Waals surface area contributed by atoms with E-state index in [1.54, 1.807) is 24.4 Å². The first-order valence-electron chi connectivity index (χ1n) is 20.6. The molecule has 0 aliphatic carbocycles. The molecule has 58 heavy (non-hydrogen) atoms. The molecule has 0 saturated carbocycles. The molecule has 286 valence electrons. The summed E-state index contributed by atoms with van der Waals surface area (Å²) < 4.78 is 25.6. The number of nitrogens with zero attached hydrogens (tertiary/aromatic N) is 3. The fraction of sp³-hybridized carbons (Fsp3) is 0.0943. The van der Waals surface area contributed by atoms with Crippen LogP contribution in [0.2, 0.25) is 0 Å². The van der Waals surface area contributed by atoms with E-state index in [0.717, 1.165) is 78.0 Å². The van der Waals surface area contributed by atoms with Crippen LogP contribution in [0.25, 0.3) is 83.9 Å². The van der Waals surface area contributed by atoms with Crippen LogP contribution in [0.5, 0.6) is 5.75 Å². The van der Waals surface area contributed by atoms with Gasteiger partial charge < -0.3 is 5.11 Å². The Bertz CT molecular complexity index is 3010. The summed E-state index contributed by atoms with van der Waals surface area (Å²) in [5.74, 6) is 0.777. The van der Waals surface area contributed by atoms with Crippen LogP contribution in [0, 0.1) is 12.9 Å². The second-order valence-electron chi connectivity index (χ2n) is 15.4. The standard InChI is InChI=1S/C53H42N3O.Pt/c1-35-22-24-38(25-23-35)40-28-29-54-47(34-40)43-31-41(37-16-9-6-10-17-37)30-42(32-43)44-19-13-20-49-51(44)55-52(45-18-11-12-21-50(45)57)56(49)48-27-26-39(33-46(48)53(2,3)4)36-14-7-5-8-15-36;/h5-31,33-34,57H,1-4H3;/q-1;/i1D3;. The molecule has 0 amide bonds. The Kier molecular flexibility index (Phi) is 9.55. The van der Waals surface area contributed by atoms with Crippen molar-refractivity contribution in [2.45, 2.75) is 33.0 Å². The van der Waals surface area contributed by atoms with Gasteiger partial charge in [0.05, 0.1) is 22.3 Å². The average Bonchev–Trinajstić information content (AvgIpc) is 3.66. The SMILES string of the molecule is [2H]C([2H])([2H])c1ccc(-c2ccnc(-c3[c-]c(-c4cccc5c4nc(-c4ccccc4O)n5-c4ccc(-c5ccccc5)cc4C(C)(C)C)cc(-c4ccccc4)c3)c2)cc1.[Pt]. The van der Waals surface area contributed by atoms with Gasteiger partial charge in [0.25, 0.3) is 0 Å². The smallest absolute Gasteiger partial charge is 0.148 e. The van der Waals surface area contributed by atoms with E-state index in [9.17, 15) is 5.11 Å². The van der Waals surface area contributed by atoms with E-state index >= 15 is 0 Å². The molecule has 0 radical (unpaired) electrons. The van der Waals surface area contributed by atoms with E-state index in [1.165, 1.54) is 0 Å². The number of phenols is 1. The third kappa shape index (κ3) is 7.44. The van der Waals surface area contributed by atoms with Gasteiger partial charge in [-0.15, -0.1) is 23.8 Å². The number of rotatable bonds is 7. The summed E-state index contributed by atoms with van der Waals surface area (Å²) in [7, 11) is 0. The van der Waals surface area contributed by atoms with E-state index < -0.39 is 6.85 Å². The minimum absolute atomic E-state index is 0. The van der Waals surface area contributed by atoms with E-state index in [0.29, 0.717) is 17.0 Å². The summed E-state index contributed by atoms with van der Waals surface area (Å²) >= 11 is 0. The minimum atomic E-state index is -2.17. The summed E-state index contributed by atoms with van der Waals surface area (Å²) in [6.45, 7) is 4.51. The molecule has 1 N–H and O–H groups in total. The van der Waals surface area contributed by atoms with Crippen molar-refractivity contribution >= 4 is 11.0 Å². The van der Waals surface area contributed by atoms with Crippen molar-refractivity contribution in [1.29, 1.82) is 0 Å². The molecule has 2 heterocycles. The van der Waals surface area contributed by atoms with Gasteiger partial charge in [0.1, 0.15) is 11.6 Å². The third-order valence-electron chi connectivity index (χ3n) is 10.5. The Hall–Kier alpha value is -6.35. The van der Waals surface area contributed by atoms with E-state index in [-0.39, 0.29) is 32.2 Å². The van der Waals surface area contributed by atoms with Crippen molar-refractivity contribution in [1.82, 2.24) is 14.5 Å². The molecule has 4 nitrogen and oxygen atoms in total. The topological polar surface area (TPSA) is 50.9 Å². The van der Waals surface area contributed by atoms with Crippen LogP contribution in [-0.2, 0) is 26.5 Å². The summed E-state index contributed by atoms with van der Waals surface area (Å²) in [5.41, 5.74) is 13.9. The fourth-order valence-electron chi connectivity index (χ4n) is 7.62. The van der Waals surface area contributed by atoms with Crippen LogP contribution < -0.4 is 0 Å². The van der Waals surface area contributed by atoms with Crippen molar-refractivity contribution in [2.75, 3.05) is 0 Å². The molecule has 9 aromatic rings. The minimum Gasteiger partial charge on any atom is -0.507 e. The largest absolute Gasteiger partial charge is 0.507 e. The average molecular weight is 935 g/mol. The van der Waals surface area contributed by atoms with Gasteiger partial charge in [-0.1, -0.05) is 164 Å². The van der Waals surface area contributed by atoms with Crippen molar-refractivity contribution in [3.63, 3.8) is 0 Å². The number of aromatic hydroxyl groups is 1. The second kappa shape index (κ2) is 15.9. The number of imidazole rings is 1. The van der Waals surface area contributed by atoms with Crippen LogP contribution in [-0.4, -0.2) is 19.6 Å². The number of fused-ring (bicyclic) bond motifs is 1. The molecule has 7 aromatic carbocycles. The number of benzene rings is 7. The van der Waals surface area contributed by atoms with Gasteiger partial charge in [-0.05, 0) is 82.0 Å². The van der Waals surface area contributed by atoms with Crippen LogP contribution in [0.15, 0.2) is 176 Å². The number of aryl methyl sites for hydroxylation is 1. The molecule has 0 aliphatic rings. The first-order valence-corrected chi connectivity index (χ1v) is 19.1. The first-order chi connectivity index (χ1) is 28.9. The normalized spacial score (nSPS) is 12.4. The molecule has 0 saturated heterocycles. The van der Waals surface area contributed by atoms with Gasteiger partial charge in [0.2, 0.25) is 0 Å². The monoisotopic (exact) mass is 934 g/mol. The predicted octanol–water partition coefficient (Wildman–Crippen LogP) is 13.5. The zero-order chi connectivity index (χ0) is 41.6. The zero-order valence-corrected chi connectivity index (χ0v) is 34.6. The second-order valence-corrected chi connectivity index (χ2v) is 15.4. The molecule has 0 fully saturated rings. The van der Waals surface area contributed by atoms with Crippen LogP contribution in [0.1, 0.15) is 36.0 Å². The molecule has 2 aromatic heterocycles. The predicted molar refractivity (Wildman–Crippen MR) is 235 cm³/mol. The molecule has 0 unspecified atom stereocenters. The van der Waals surface area contributed by atoms with Gasteiger partial charge in [-0.3, -0.25) is 9.55 Å². The van der Waals surface area contributed by atoms with Crippen LogP contribution in [0.4, 0.5) is 0 Å².